The van der Waals surface area contributed by atoms with Crippen molar-refractivity contribution < 1.29 is 4.79 Å². The van der Waals surface area contributed by atoms with Gasteiger partial charge in [-0.25, -0.2) is 4.98 Å². The van der Waals surface area contributed by atoms with E-state index in [0.29, 0.717) is 5.02 Å². The molecule has 0 saturated carbocycles. The van der Waals surface area contributed by atoms with Crippen molar-refractivity contribution in [3.05, 3.63) is 57.7 Å². The molecule has 2 rings (SSSR count). The summed E-state index contributed by atoms with van der Waals surface area (Å²) in [5.74, 6) is -0.122. The minimum Gasteiger partial charge on any atom is -0.384 e. The van der Waals surface area contributed by atoms with E-state index in [9.17, 15) is 4.79 Å². The van der Waals surface area contributed by atoms with Gasteiger partial charge in [-0.15, -0.1) is 0 Å². The number of nitrogens with zero attached hydrogens (tertiary/aromatic N) is 1. The van der Waals surface area contributed by atoms with E-state index in [0.717, 1.165) is 5.56 Å². The number of nitrogen functional groups attached to an aromatic ring is 1. The molecule has 0 aliphatic carbocycles. The predicted octanol–water partition coefficient (Wildman–Crippen LogP) is 3.46. The highest BCUT2D eigenvalue weighted by Gasteiger charge is 2.16. The smallest absolute Gasteiger partial charge is 0.271 e. The minimum atomic E-state index is -0.371. The van der Waals surface area contributed by atoms with Gasteiger partial charge < -0.3 is 11.1 Å². The van der Waals surface area contributed by atoms with Crippen LogP contribution in [0, 0.1) is 0 Å². The Kier molecular flexibility index (Phi) is 4.47. The van der Waals surface area contributed by atoms with Crippen molar-refractivity contribution in [2.75, 3.05) is 5.73 Å². The molecule has 3 N–H and O–H groups in total. The molecule has 1 aromatic carbocycles. The predicted molar refractivity (Wildman–Crippen MR) is 81.0 cm³/mol. The van der Waals surface area contributed by atoms with Gasteiger partial charge in [0.05, 0.1) is 11.1 Å². The quantitative estimate of drug-likeness (QED) is 0.912. The molecular weight excluding hydrogens is 297 g/mol. The Morgan fingerprint density at radius 1 is 1.20 bits per heavy atom. The summed E-state index contributed by atoms with van der Waals surface area (Å²) in [7, 11) is 0. The number of anilines is 1. The van der Waals surface area contributed by atoms with E-state index in [2.05, 4.69) is 10.3 Å². The number of nitrogens with two attached hydrogens (primary N) is 1. The lowest BCUT2D eigenvalue weighted by atomic mass is 10.1. The van der Waals surface area contributed by atoms with Crippen molar-refractivity contribution in [2.24, 2.45) is 0 Å². The summed E-state index contributed by atoms with van der Waals surface area (Å²) in [6, 6.07) is 10.1. The standard InChI is InChI=1S/C14H13Cl2N3O/c1-8(9-2-4-10(15)5-3-9)18-14(20)13-11(16)6-7-12(17)19-13/h2-8H,1H3,(H2,17,19)(H,18,20). The third-order valence-electron chi connectivity index (χ3n) is 2.80. The zero-order valence-electron chi connectivity index (χ0n) is 10.7. The van der Waals surface area contributed by atoms with E-state index < -0.39 is 0 Å². The molecule has 0 radical (unpaired) electrons. The Morgan fingerprint density at radius 2 is 1.85 bits per heavy atom. The number of carbonyl (C=O) groups excluding carboxylic acids is 1. The summed E-state index contributed by atoms with van der Waals surface area (Å²) in [5, 5.41) is 3.73. The van der Waals surface area contributed by atoms with Crippen molar-refractivity contribution in [1.82, 2.24) is 10.3 Å². The van der Waals surface area contributed by atoms with E-state index >= 15 is 0 Å². The van der Waals surface area contributed by atoms with Crippen LogP contribution in [0.15, 0.2) is 36.4 Å². The van der Waals surface area contributed by atoms with Crippen molar-refractivity contribution in [3.8, 4) is 0 Å². The Labute approximate surface area is 126 Å². The number of pyridine rings is 1. The van der Waals surface area contributed by atoms with E-state index in [1.54, 1.807) is 24.3 Å². The molecule has 6 heteroatoms. The van der Waals surface area contributed by atoms with Crippen molar-refractivity contribution in [1.29, 1.82) is 0 Å². The molecule has 1 aromatic heterocycles. The number of halogens is 2. The Morgan fingerprint density at radius 3 is 2.50 bits per heavy atom. The molecule has 1 heterocycles. The molecule has 1 amide bonds. The monoisotopic (exact) mass is 309 g/mol. The fourth-order valence-electron chi connectivity index (χ4n) is 1.72. The lowest BCUT2D eigenvalue weighted by Gasteiger charge is -2.14. The van der Waals surface area contributed by atoms with Gasteiger partial charge in [0.15, 0.2) is 0 Å². The molecule has 2 aromatic rings. The minimum absolute atomic E-state index is 0.118. The van der Waals surface area contributed by atoms with Gasteiger partial charge in [-0.3, -0.25) is 4.79 Å². The summed E-state index contributed by atoms with van der Waals surface area (Å²) in [4.78, 5) is 16.1. The number of rotatable bonds is 3. The molecule has 1 unspecified atom stereocenters. The summed E-state index contributed by atoms with van der Waals surface area (Å²) < 4.78 is 0. The van der Waals surface area contributed by atoms with Crippen LogP contribution in [0.2, 0.25) is 10.0 Å². The topological polar surface area (TPSA) is 68.0 Å². The SMILES string of the molecule is CC(NC(=O)c1nc(N)ccc1Cl)c1ccc(Cl)cc1. The number of carbonyl (C=O) groups is 1. The van der Waals surface area contributed by atoms with Gasteiger partial charge >= 0.3 is 0 Å². The number of hydrogen-bond donors (Lipinski definition) is 2. The van der Waals surface area contributed by atoms with Crippen LogP contribution in [0.1, 0.15) is 29.0 Å². The first-order valence-electron chi connectivity index (χ1n) is 5.95. The van der Waals surface area contributed by atoms with E-state index in [4.69, 9.17) is 28.9 Å². The number of aromatic nitrogens is 1. The van der Waals surface area contributed by atoms with Gasteiger partial charge in [0.2, 0.25) is 0 Å². The first kappa shape index (κ1) is 14.6. The van der Waals surface area contributed by atoms with E-state index in [1.165, 1.54) is 0 Å². The Balaban J connectivity index is 2.15. The zero-order valence-corrected chi connectivity index (χ0v) is 12.2. The second-order valence-electron chi connectivity index (χ2n) is 4.31. The van der Waals surface area contributed by atoms with Crippen molar-refractivity contribution in [3.63, 3.8) is 0 Å². The van der Waals surface area contributed by atoms with Crippen LogP contribution in [-0.2, 0) is 0 Å². The highest BCUT2D eigenvalue weighted by Crippen LogP contribution is 2.19. The second kappa shape index (κ2) is 6.11. The van der Waals surface area contributed by atoms with Crippen LogP contribution in [0.5, 0.6) is 0 Å². The molecule has 20 heavy (non-hydrogen) atoms. The lowest BCUT2D eigenvalue weighted by Crippen LogP contribution is -2.27. The van der Waals surface area contributed by atoms with Crippen LogP contribution < -0.4 is 11.1 Å². The normalized spacial score (nSPS) is 11.9. The van der Waals surface area contributed by atoms with Gasteiger partial charge in [-0.05, 0) is 36.8 Å². The number of amides is 1. The van der Waals surface area contributed by atoms with Crippen LogP contribution in [0.3, 0.4) is 0 Å². The molecule has 0 saturated heterocycles. The molecule has 0 aliphatic rings. The first-order chi connectivity index (χ1) is 9.47. The summed E-state index contributed by atoms with van der Waals surface area (Å²) in [5.41, 5.74) is 6.61. The average Bonchev–Trinajstić information content (AvgIpc) is 2.42. The van der Waals surface area contributed by atoms with Crippen LogP contribution in [0.4, 0.5) is 5.82 Å². The van der Waals surface area contributed by atoms with Gasteiger partial charge in [0.25, 0.3) is 5.91 Å². The van der Waals surface area contributed by atoms with Crippen molar-refractivity contribution in [2.45, 2.75) is 13.0 Å². The number of hydrogen-bond acceptors (Lipinski definition) is 3. The van der Waals surface area contributed by atoms with Crippen LogP contribution in [0.25, 0.3) is 0 Å². The molecule has 104 valence electrons. The van der Waals surface area contributed by atoms with Gasteiger partial charge in [-0.1, -0.05) is 35.3 Å². The van der Waals surface area contributed by atoms with Crippen LogP contribution in [-0.4, -0.2) is 10.9 Å². The fraction of sp³-hybridized carbons (Fsp3) is 0.143. The molecular formula is C14H13Cl2N3O. The third kappa shape index (κ3) is 3.40. The molecule has 0 bridgehead atoms. The molecule has 0 fully saturated rings. The largest absolute Gasteiger partial charge is 0.384 e. The van der Waals surface area contributed by atoms with Gasteiger partial charge in [0, 0.05) is 5.02 Å². The van der Waals surface area contributed by atoms with E-state index in [-0.39, 0.29) is 28.5 Å². The Hall–Kier alpha value is -1.78. The summed E-state index contributed by atoms with van der Waals surface area (Å²) in [6.07, 6.45) is 0. The van der Waals surface area contributed by atoms with Gasteiger partial charge in [0.1, 0.15) is 11.5 Å². The number of nitrogens with one attached hydrogen (secondary N) is 1. The summed E-state index contributed by atoms with van der Waals surface area (Å²) >= 11 is 11.8. The second-order valence-corrected chi connectivity index (χ2v) is 5.16. The maximum atomic E-state index is 12.1. The maximum absolute atomic E-state index is 12.1. The van der Waals surface area contributed by atoms with Crippen molar-refractivity contribution >= 4 is 34.9 Å². The fourth-order valence-corrected chi connectivity index (χ4v) is 2.03. The Bertz CT molecular complexity index is 629. The first-order valence-corrected chi connectivity index (χ1v) is 6.71. The van der Waals surface area contributed by atoms with Crippen LogP contribution >= 0.6 is 23.2 Å². The lowest BCUT2D eigenvalue weighted by molar-refractivity contribution is 0.0935. The number of benzene rings is 1. The zero-order chi connectivity index (χ0) is 14.7. The highest BCUT2D eigenvalue weighted by atomic mass is 35.5. The van der Waals surface area contributed by atoms with E-state index in [1.807, 2.05) is 19.1 Å². The maximum Gasteiger partial charge on any atom is 0.271 e. The molecule has 1 atom stereocenters. The van der Waals surface area contributed by atoms with Gasteiger partial charge in [-0.2, -0.15) is 0 Å². The molecule has 4 nitrogen and oxygen atoms in total. The summed E-state index contributed by atoms with van der Waals surface area (Å²) in [6.45, 7) is 1.86. The molecule has 0 aliphatic heterocycles. The molecule has 0 spiro atoms. The average molecular weight is 310 g/mol. The highest BCUT2D eigenvalue weighted by molar-refractivity contribution is 6.33. The third-order valence-corrected chi connectivity index (χ3v) is 3.36.